The number of morpholine rings is 1. The van der Waals surface area contributed by atoms with Gasteiger partial charge in [-0.15, -0.1) is 0 Å². The number of ether oxygens (including phenoxy) is 2. The molecule has 3 aromatic carbocycles. The smallest absolute Gasteiger partial charge is 0.293 e. The molecule has 2 heterocycles. The zero-order valence-electron chi connectivity index (χ0n) is 20.0. The number of fused-ring (bicyclic) bond motifs is 1. The van der Waals surface area contributed by atoms with Crippen LogP contribution >= 0.6 is 0 Å². The second-order valence-electron chi connectivity index (χ2n) is 8.58. The highest BCUT2D eigenvalue weighted by Crippen LogP contribution is 2.34. The Morgan fingerprint density at radius 2 is 1.69 bits per heavy atom. The highest BCUT2D eigenvalue weighted by atomic mass is 16.5. The average molecular weight is 482 g/mol. The van der Waals surface area contributed by atoms with Crippen LogP contribution < -0.4 is 19.9 Å². The van der Waals surface area contributed by atoms with Crippen molar-refractivity contribution in [3.8, 4) is 5.75 Å². The van der Waals surface area contributed by atoms with Gasteiger partial charge in [-0.25, -0.2) is 0 Å². The number of carbonyl (C=O) groups excluding carboxylic acids is 2. The van der Waals surface area contributed by atoms with Gasteiger partial charge < -0.3 is 24.6 Å². The number of nitrogens with zero attached hydrogens (tertiary/aromatic N) is 2. The van der Waals surface area contributed by atoms with Crippen molar-refractivity contribution < 1.29 is 19.1 Å². The average Bonchev–Trinajstić information content (AvgIpc) is 2.92. The lowest BCUT2D eigenvalue weighted by atomic mass is 10.1. The van der Waals surface area contributed by atoms with Crippen LogP contribution in [0.2, 0.25) is 0 Å². The lowest BCUT2D eigenvalue weighted by molar-refractivity contribution is -0.117. The maximum atomic E-state index is 12.7. The fraction of sp³-hybridized carbons (Fsp3) is 0.172. The summed E-state index contributed by atoms with van der Waals surface area (Å²) in [5.74, 6) is 0.447. The van der Waals surface area contributed by atoms with Gasteiger partial charge in [0.15, 0.2) is 11.5 Å². The van der Waals surface area contributed by atoms with Crippen molar-refractivity contribution >= 4 is 41.0 Å². The van der Waals surface area contributed by atoms with Crippen LogP contribution in [0.3, 0.4) is 0 Å². The van der Waals surface area contributed by atoms with Gasteiger partial charge in [-0.1, -0.05) is 30.3 Å². The van der Waals surface area contributed by atoms with E-state index in [0.717, 1.165) is 54.5 Å². The van der Waals surface area contributed by atoms with Crippen molar-refractivity contribution in [2.75, 3.05) is 48.5 Å². The van der Waals surface area contributed by atoms with E-state index in [4.69, 9.17) is 9.47 Å². The molecule has 5 rings (SSSR count). The zero-order chi connectivity index (χ0) is 24.9. The molecule has 0 unspecified atom stereocenters. The number of amides is 2. The Labute approximate surface area is 210 Å². The molecular weight excluding hydrogens is 454 g/mol. The lowest BCUT2D eigenvalue weighted by Crippen LogP contribution is -2.36. The molecule has 7 heteroatoms. The molecule has 0 radical (unpaired) electrons. The number of para-hydroxylation sites is 2. The van der Waals surface area contributed by atoms with E-state index in [0.29, 0.717) is 5.75 Å². The molecule has 0 saturated carbocycles. The largest absolute Gasteiger partial charge is 0.449 e. The zero-order valence-corrected chi connectivity index (χ0v) is 20.0. The Balaban J connectivity index is 1.23. The van der Waals surface area contributed by atoms with Gasteiger partial charge in [-0.05, 0) is 65.7 Å². The number of nitrogens with one attached hydrogen (secondary N) is 1. The molecule has 0 spiro atoms. The Bertz CT molecular complexity index is 1320. The predicted octanol–water partition coefficient (Wildman–Crippen LogP) is 4.57. The van der Waals surface area contributed by atoms with Crippen LogP contribution in [-0.4, -0.2) is 45.2 Å². The Kier molecular flexibility index (Phi) is 6.82. The molecule has 7 nitrogen and oxygen atoms in total. The van der Waals surface area contributed by atoms with E-state index in [-0.39, 0.29) is 17.6 Å². The molecule has 3 aromatic rings. The SMILES string of the molecule is CN1C(=O)/C(=C/c2cccc(/C=C/C(=O)Nc3ccc(N4CCOCC4)cc3)c2)Oc2ccccc21. The van der Waals surface area contributed by atoms with Crippen LogP contribution in [0.25, 0.3) is 12.2 Å². The summed E-state index contributed by atoms with van der Waals surface area (Å²) in [5, 5.41) is 2.89. The van der Waals surface area contributed by atoms with Crippen LogP contribution in [0.1, 0.15) is 11.1 Å². The molecule has 182 valence electrons. The number of rotatable bonds is 5. The Morgan fingerprint density at radius 1 is 0.944 bits per heavy atom. The molecule has 1 N–H and O–H groups in total. The number of benzene rings is 3. The molecule has 0 aromatic heterocycles. The van der Waals surface area contributed by atoms with E-state index in [1.54, 1.807) is 24.1 Å². The molecule has 1 saturated heterocycles. The molecule has 2 amide bonds. The second-order valence-corrected chi connectivity index (χ2v) is 8.58. The maximum Gasteiger partial charge on any atom is 0.293 e. The Morgan fingerprint density at radius 3 is 2.50 bits per heavy atom. The predicted molar refractivity (Wildman–Crippen MR) is 142 cm³/mol. The number of anilines is 3. The number of hydrogen-bond acceptors (Lipinski definition) is 5. The highest BCUT2D eigenvalue weighted by Gasteiger charge is 2.27. The first-order valence-electron chi connectivity index (χ1n) is 11.9. The summed E-state index contributed by atoms with van der Waals surface area (Å²) in [6, 6.07) is 22.8. The van der Waals surface area contributed by atoms with Gasteiger partial charge in [0.2, 0.25) is 5.91 Å². The van der Waals surface area contributed by atoms with Gasteiger partial charge in [-0.3, -0.25) is 9.59 Å². The van der Waals surface area contributed by atoms with Crippen LogP contribution in [-0.2, 0) is 14.3 Å². The van der Waals surface area contributed by atoms with Crippen LogP contribution in [0.5, 0.6) is 5.75 Å². The topological polar surface area (TPSA) is 71.1 Å². The van der Waals surface area contributed by atoms with Crippen molar-refractivity contribution in [2.45, 2.75) is 0 Å². The van der Waals surface area contributed by atoms with Gasteiger partial charge in [0.1, 0.15) is 0 Å². The molecule has 0 bridgehead atoms. The number of carbonyl (C=O) groups is 2. The van der Waals surface area contributed by atoms with Gasteiger partial charge in [0, 0.05) is 37.6 Å². The van der Waals surface area contributed by atoms with E-state index < -0.39 is 0 Å². The Hall–Kier alpha value is -4.36. The van der Waals surface area contributed by atoms with Gasteiger partial charge in [0.05, 0.1) is 18.9 Å². The van der Waals surface area contributed by atoms with Gasteiger partial charge in [0.25, 0.3) is 5.91 Å². The van der Waals surface area contributed by atoms with Crippen molar-refractivity contribution in [2.24, 2.45) is 0 Å². The monoisotopic (exact) mass is 481 g/mol. The van der Waals surface area contributed by atoms with E-state index in [1.165, 1.54) is 6.08 Å². The summed E-state index contributed by atoms with van der Waals surface area (Å²) in [4.78, 5) is 29.0. The summed E-state index contributed by atoms with van der Waals surface area (Å²) < 4.78 is 11.2. The van der Waals surface area contributed by atoms with Crippen molar-refractivity contribution in [1.82, 2.24) is 0 Å². The second kappa shape index (κ2) is 10.5. The van der Waals surface area contributed by atoms with Crippen LogP contribution in [0, 0.1) is 0 Å². The van der Waals surface area contributed by atoms with E-state index in [2.05, 4.69) is 10.2 Å². The summed E-state index contributed by atoms with van der Waals surface area (Å²) in [6.07, 6.45) is 4.95. The molecule has 2 aliphatic rings. The minimum absolute atomic E-state index is 0.214. The fourth-order valence-electron chi connectivity index (χ4n) is 4.19. The third-order valence-electron chi connectivity index (χ3n) is 6.11. The first-order valence-corrected chi connectivity index (χ1v) is 11.9. The first-order chi connectivity index (χ1) is 17.6. The van der Waals surface area contributed by atoms with Crippen LogP contribution in [0.15, 0.2) is 84.6 Å². The normalized spacial score (nSPS) is 16.7. The van der Waals surface area contributed by atoms with E-state index in [9.17, 15) is 9.59 Å². The van der Waals surface area contributed by atoms with E-state index in [1.807, 2.05) is 72.8 Å². The van der Waals surface area contributed by atoms with E-state index >= 15 is 0 Å². The highest BCUT2D eigenvalue weighted by molar-refractivity contribution is 6.09. The van der Waals surface area contributed by atoms with Gasteiger partial charge >= 0.3 is 0 Å². The third-order valence-corrected chi connectivity index (χ3v) is 6.11. The minimum atomic E-state index is -0.220. The minimum Gasteiger partial charge on any atom is -0.449 e. The molecule has 2 aliphatic heterocycles. The lowest BCUT2D eigenvalue weighted by Gasteiger charge is -2.28. The standard InChI is InChI=1S/C29H27N3O4/c1-31-25-7-2-3-8-26(25)36-27(29(31)34)20-22-6-4-5-21(19-22)9-14-28(33)30-23-10-12-24(13-11-23)32-15-17-35-18-16-32/h2-14,19-20H,15-18H2,1H3,(H,30,33)/b14-9+,27-20-. The molecule has 0 aliphatic carbocycles. The molecular formula is C29H27N3O4. The summed E-state index contributed by atoms with van der Waals surface area (Å²) in [5.41, 5.74) is 4.22. The summed E-state index contributed by atoms with van der Waals surface area (Å²) in [6.45, 7) is 3.20. The molecule has 1 fully saturated rings. The quantitative estimate of drug-likeness (QED) is 0.541. The maximum absolute atomic E-state index is 12.7. The van der Waals surface area contributed by atoms with Crippen molar-refractivity contribution in [1.29, 1.82) is 0 Å². The van der Waals surface area contributed by atoms with Crippen molar-refractivity contribution in [3.05, 3.63) is 95.8 Å². The molecule has 0 atom stereocenters. The molecule has 36 heavy (non-hydrogen) atoms. The number of hydrogen-bond donors (Lipinski definition) is 1. The fourth-order valence-corrected chi connectivity index (χ4v) is 4.19. The first kappa shape index (κ1) is 23.4. The summed E-state index contributed by atoms with van der Waals surface area (Å²) >= 11 is 0. The number of likely N-dealkylation sites (N-methyl/N-ethyl adjacent to an activating group) is 1. The van der Waals surface area contributed by atoms with Gasteiger partial charge in [-0.2, -0.15) is 0 Å². The summed E-state index contributed by atoms with van der Waals surface area (Å²) in [7, 11) is 1.73. The third kappa shape index (κ3) is 5.31. The van der Waals surface area contributed by atoms with Crippen molar-refractivity contribution in [3.63, 3.8) is 0 Å². The van der Waals surface area contributed by atoms with Crippen LogP contribution in [0.4, 0.5) is 17.1 Å².